The third-order valence-electron chi connectivity index (χ3n) is 8.35. The van der Waals surface area contributed by atoms with Crippen LogP contribution in [0.4, 0.5) is 10.1 Å². The number of methoxy groups -OCH3 is 1. The molecule has 1 fully saturated rings. The fourth-order valence-electron chi connectivity index (χ4n) is 5.72. The number of rotatable bonds is 9. The Hall–Kier alpha value is -4.81. The Morgan fingerprint density at radius 1 is 1.09 bits per heavy atom. The normalized spacial score (nSPS) is 18.2. The molecule has 4 N–H and O–H groups in total. The number of aliphatic hydroxyl groups excluding tert-OH is 1. The highest BCUT2D eigenvalue weighted by Gasteiger charge is 2.34. The summed E-state index contributed by atoms with van der Waals surface area (Å²) >= 11 is 0. The predicted molar refractivity (Wildman–Crippen MR) is 169 cm³/mol. The Morgan fingerprint density at radius 3 is 2.47 bits per heavy atom. The monoisotopic (exact) mass is 616 g/mol. The summed E-state index contributed by atoms with van der Waals surface area (Å²) in [6.07, 6.45) is 0.000366. The van der Waals surface area contributed by atoms with Gasteiger partial charge in [0.2, 0.25) is 18.0 Å². The molecule has 2 atom stereocenters. The molecule has 236 valence electrons. The van der Waals surface area contributed by atoms with Crippen molar-refractivity contribution in [1.82, 2.24) is 20.5 Å². The van der Waals surface area contributed by atoms with Crippen LogP contribution in [0.2, 0.25) is 0 Å². The molecular formula is C33H37FN6O5. The van der Waals surface area contributed by atoms with E-state index in [-0.39, 0.29) is 24.2 Å². The van der Waals surface area contributed by atoms with Gasteiger partial charge in [-0.05, 0) is 71.8 Å². The number of ether oxygens (including phenoxy) is 1. The molecule has 45 heavy (non-hydrogen) atoms. The van der Waals surface area contributed by atoms with Crippen molar-refractivity contribution in [2.45, 2.75) is 45.6 Å². The molecule has 2 heterocycles. The number of carbonyl (C=O) groups is 3. The van der Waals surface area contributed by atoms with Crippen molar-refractivity contribution in [2.24, 2.45) is 5.10 Å². The minimum atomic E-state index is -1.26. The van der Waals surface area contributed by atoms with Crippen molar-refractivity contribution in [3.63, 3.8) is 0 Å². The fourth-order valence-corrected chi connectivity index (χ4v) is 5.72. The van der Waals surface area contributed by atoms with E-state index < -0.39 is 24.0 Å². The van der Waals surface area contributed by atoms with E-state index in [1.54, 1.807) is 12.1 Å². The van der Waals surface area contributed by atoms with Crippen LogP contribution in [0.5, 0.6) is 5.75 Å². The number of benzene rings is 3. The summed E-state index contributed by atoms with van der Waals surface area (Å²) in [6, 6.07) is 14.6. The number of halogens is 1. The topological polar surface area (TPSA) is 136 Å². The summed E-state index contributed by atoms with van der Waals surface area (Å²) in [5.74, 6) is -1.33. The number of hydrogen-bond acceptors (Lipinski definition) is 8. The van der Waals surface area contributed by atoms with E-state index in [2.05, 4.69) is 21.1 Å². The number of amides is 3. The third-order valence-corrected chi connectivity index (χ3v) is 8.35. The minimum absolute atomic E-state index is 0.0347. The molecule has 2 aliphatic heterocycles. The maximum atomic E-state index is 15.5. The summed E-state index contributed by atoms with van der Waals surface area (Å²) < 4.78 is 21.1. The predicted octanol–water partition coefficient (Wildman–Crippen LogP) is 3.13. The van der Waals surface area contributed by atoms with Gasteiger partial charge in [0.25, 0.3) is 11.8 Å². The maximum Gasteiger partial charge on any atom is 0.283 e. The average Bonchev–Trinajstić information content (AvgIpc) is 3.44. The first kappa shape index (κ1) is 31.6. The molecule has 12 heteroatoms. The van der Waals surface area contributed by atoms with Gasteiger partial charge in [0.05, 0.1) is 7.11 Å². The SMILES string of the molecule is COc1cc(-c2cccc(-c3cccc(NC(=O)C4=NN(C)C(O)N(C)C4=O)c3C)c2C)cc(F)c1CNC[C@@H]1CCC(=O)N1. The highest BCUT2D eigenvalue weighted by molar-refractivity contribution is 6.67. The molecule has 5 rings (SSSR count). The molecule has 2 aliphatic rings. The second-order valence-electron chi connectivity index (χ2n) is 11.3. The third kappa shape index (κ3) is 6.38. The molecule has 0 aliphatic carbocycles. The van der Waals surface area contributed by atoms with E-state index in [4.69, 9.17) is 4.74 Å². The Morgan fingerprint density at radius 2 is 1.78 bits per heavy atom. The molecule has 0 saturated carbocycles. The number of aliphatic hydroxyl groups is 1. The summed E-state index contributed by atoms with van der Waals surface area (Å²) in [5, 5.41) is 24.0. The maximum absolute atomic E-state index is 15.5. The Bertz CT molecular complexity index is 1690. The van der Waals surface area contributed by atoms with Gasteiger partial charge in [0.15, 0.2) is 0 Å². The van der Waals surface area contributed by atoms with Crippen LogP contribution in [-0.4, -0.2) is 78.6 Å². The van der Waals surface area contributed by atoms with Crippen molar-refractivity contribution in [3.05, 3.63) is 71.0 Å². The zero-order valence-electron chi connectivity index (χ0n) is 25.9. The smallest absolute Gasteiger partial charge is 0.283 e. The fraction of sp³-hybridized carbons (Fsp3) is 0.333. The lowest BCUT2D eigenvalue weighted by atomic mass is 9.90. The van der Waals surface area contributed by atoms with E-state index in [9.17, 15) is 19.5 Å². The van der Waals surface area contributed by atoms with Gasteiger partial charge in [-0.2, -0.15) is 5.10 Å². The highest BCUT2D eigenvalue weighted by atomic mass is 19.1. The van der Waals surface area contributed by atoms with Crippen molar-refractivity contribution in [1.29, 1.82) is 0 Å². The van der Waals surface area contributed by atoms with Gasteiger partial charge in [-0.3, -0.25) is 24.3 Å². The summed E-state index contributed by atoms with van der Waals surface area (Å²) in [5.41, 5.74) is 5.44. The molecule has 11 nitrogen and oxygen atoms in total. The van der Waals surface area contributed by atoms with E-state index >= 15 is 4.39 Å². The first-order chi connectivity index (χ1) is 21.5. The zero-order valence-corrected chi connectivity index (χ0v) is 25.9. The van der Waals surface area contributed by atoms with Gasteiger partial charge < -0.3 is 25.8 Å². The van der Waals surface area contributed by atoms with Gasteiger partial charge in [-0.25, -0.2) is 4.39 Å². The van der Waals surface area contributed by atoms with E-state index in [0.717, 1.165) is 44.1 Å². The second-order valence-corrected chi connectivity index (χ2v) is 11.3. The molecule has 1 unspecified atom stereocenters. The molecule has 1 saturated heterocycles. The molecule has 3 aromatic rings. The lowest BCUT2D eigenvalue weighted by Crippen LogP contribution is -2.55. The lowest BCUT2D eigenvalue weighted by Gasteiger charge is -2.33. The van der Waals surface area contributed by atoms with E-state index in [1.165, 1.54) is 27.3 Å². The number of nitrogens with zero attached hydrogens (tertiary/aromatic N) is 3. The van der Waals surface area contributed by atoms with E-state index in [1.807, 2.05) is 44.2 Å². The summed E-state index contributed by atoms with van der Waals surface area (Å²) in [7, 11) is 4.36. The molecular weight excluding hydrogens is 579 g/mol. The molecule has 3 amide bonds. The Kier molecular flexibility index (Phi) is 9.16. The molecule has 0 aromatic heterocycles. The Balaban J connectivity index is 1.40. The molecule has 0 radical (unpaired) electrons. The van der Waals surface area contributed by atoms with Crippen LogP contribution in [0.3, 0.4) is 0 Å². The van der Waals surface area contributed by atoms with Crippen LogP contribution in [0.25, 0.3) is 22.3 Å². The van der Waals surface area contributed by atoms with Crippen molar-refractivity contribution < 1.29 is 28.6 Å². The number of hydrogen-bond donors (Lipinski definition) is 4. The first-order valence-corrected chi connectivity index (χ1v) is 14.6. The van der Waals surface area contributed by atoms with Gasteiger partial charge in [-0.15, -0.1) is 0 Å². The summed E-state index contributed by atoms with van der Waals surface area (Å²) in [6.45, 7) is 4.61. The first-order valence-electron chi connectivity index (χ1n) is 14.6. The zero-order chi connectivity index (χ0) is 32.4. The van der Waals surface area contributed by atoms with Crippen molar-refractivity contribution >= 4 is 29.1 Å². The van der Waals surface area contributed by atoms with Crippen molar-refractivity contribution in [3.8, 4) is 28.0 Å². The number of hydrazone groups is 1. The number of carbonyl (C=O) groups excluding carboxylic acids is 3. The largest absolute Gasteiger partial charge is 0.496 e. The van der Waals surface area contributed by atoms with Gasteiger partial charge in [0.1, 0.15) is 11.6 Å². The number of anilines is 1. The van der Waals surface area contributed by atoms with Crippen LogP contribution in [0.1, 0.15) is 29.5 Å². The lowest BCUT2D eigenvalue weighted by molar-refractivity contribution is -0.149. The minimum Gasteiger partial charge on any atom is -0.496 e. The molecule has 0 spiro atoms. The van der Waals surface area contributed by atoms with Crippen LogP contribution in [0.15, 0.2) is 53.6 Å². The highest BCUT2D eigenvalue weighted by Crippen LogP contribution is 2.37. The van der Waals surface area contributed by atoms with Gasteiger partial charge >= 0.3 is 0 Å². The quantitative estimate of drug-likeness (QED) is 0.290. The standard InChI is InChI=1S/C33H37FN6O5/c1-18-22(20-14-26(34)25(28(15-20)45-5)17-35-16-21-12-13-29(41)36-21)8-6-9-23(18)24-10-7-11-27(19(24)2)37-31(42)30-32(43)39(3)33(44)40(4)38-30/h6-11,14-15,21,33,35,44H,12-13,16-17H2,1-5H3,(H,36,41)(H,37,42)/t21-,33?/m0/s1. The van der Waals surface area contributed by atoms with Gasteiger partial charge in [0, 0.05) is 50.9 Å². The van der Waals surface area contributed by atoms with Crippen molar-refractivity contribution in [2.75, 3.05) is 33.1 Å². The van der Waals surface area contributed by atoms with Crippen LogP contribution in [-0.2, 0) is 20.9 Å². The molecule has 0 bridgehead atoms. The average molecular weight is 617 g/mol. The van der Waals surface area contributed by atoms with Gasteiger partial charge in [-0.1, -0.05) is 30.3 Å². The van der Waals surface area contributed by atoms with Crippen LogP contribution < -0.4 is 20.7 Å². The van der Waals surface area contributed by atoms with Crippen LogP contribution >= 0.6 is 0 Å². The molecule has 3 aromatic carbocycles. The Labute approximate surface area is 261 Å². The van der Waals surface area contributed by atoms with Crippen LogP contribution in [0, 0.1) is 19.7 Å². The van der Waals surface area contributed by atoms with E-state index in [0.29, 0.717) is 35.5 Å². The number of nitrogens with one attached hydrogen (secondary N) is 3. The second kappa shape index (κ2) is 13.0. The summed E-state index contributed by atoms with van der Waals surface area (Å²) in [4.78, 5) is 38.2.